The maximum Gasteiger partial charge on any atom is 0.337 e. The Morgan fingerprint density at radius 2 is 1.71 bits per heavy atom. The van der Waals surface area contributed by atoms with E-state index in [2.05, 4.69) is 62.2 Å². The largest absolute Gasteiger partial charge is 0.459 e. The summed E-state index contributed by atoms with van der Waals surface area (Å²) in [4.78, 5) is 29.4. The number of hydrogen-bond donors (Lipinski definition) is 1. The number of nitrogens with one attached hydrogen (secondary N) is 1. The second-order valence-electron chi connectivity index (χ2n) is 10.9. The predicted molar refractivity (Wildman–Crippen MR) is 137 cm³/mol. The Bertz CT molecular complexity index is 993. The van der Waals surface area contributed by atoms with Crippen LogP contribution < -0.4 is 10.2 Å². The van der Waals surface area contributed by atoms with Crippen molar-refractivity contribution < 1.29 is 14.3 Å². The Hall–Kier alpha value is -2.56. The van der Waals surface area contributed by atoms with Crippen molar-refractivity contribution >= 4 is 17.4 Å². The van der Waals surface area contributed by atoms with Crippen molar-refractivity contribution in [3.05, 3.63) is 52.4 Å². The first-order valence-electron chi connectivity index (χ1n) is 13.0. The van der Waals surface area contributed by atoms with E-state index in [4.69, 9.17) is 4.74 Å². The standard InChI is InChI=1S/C29H40N2O3/c1-6-31(7-2)21-15-13-20(14-16-21)26-25(28(33)34-22-11-9-8-10-12-22)19(3)30-23-17-29(4,5)18-24(32)27(23)26/h13-16,22,26,30H,6-12,17-18H2,1-5H3/t26-/m0/s1. The van der Waals surface area contributed by atoms with Gasteiger partial charge in [-0.1, -0.05) is 32.4 Å². The van der Waals surface area contributed by atoms with Gasteiger partial charge in [-0.2, -0.15) is 0 Å². The number of Topliss-reactive ketones (excluding diaryl/α,β-unsaturated/α-hetero) is 1. The molecule has 3 aliphatic rings. The quantitative estimate of drug-likeness (QED) is 0.522. The van der Waals surface area contributed by atoms with Crippen LogP contribution in [0.4, 0.5) is 5.69 Å². The number of carbonyl (C=O) groups is 2. The second kappa shape index (κ2) is 9.97. The van der Waals surface area contributed by atoms with Gasteiger partial charge in [-0.15, -0.1) is 0 Å². The molecule has 0 amide bonds. The van der Waals surface area contributed by atoms with Gasteiger partial charge in [-0.3, -0.25) is 4.79 Å². The lowest BCUT2D eigenvalue weighted by atomic mass is 9.68. The summed E-state index contributed by atoms with van der Waals surface area (Å²) in [6, 6.07) is 8.40. The minimum absolute atomic E-state index is 0.0244. The summed E-state index contributed by atoms with van der Waals surface area (Å²) < 4.78 is 6.03. The minimum atomic E-state index is -0.387. The number of anilines is 1. The molecule has 5 heteroatoms. The minimum Gasteiger partial charge on any atom is -0.459 e. The van der Waals surface area contributed by atoms with E-state index in [1.807, 2.05) is 6.92 Å². The molecule has 1 heterocycles. The maximum atomic E-state index is 13.6. The summed E-state index contributed by atoms with van der Waals surface area (Å²) >= 11 is 0. The van der Waals surface area contributed by atoms with Crippen LogP contribution in [-0.2, 0) is 14.3 Å². The number of nitrogens with zero attached hydrogens (tertiary/aromatic N) is 1. The summed E-state index contributed by atoms with van der Waals surface area (Å²) in [5.74, 6) is -0.535. The first kappa shape index (κ1) is 24.6. The number of allylic oxidation sites excluding steroid dienone is 3. The van der Waals surface area contributed by atoms with Crippen molar-refractivity contribution in [3.8, 4) is 0 Å². The Morgan fingerprint density at radius 3 is 2.32 bits per heavy atom. The molecule has 1 saturated carbocycles. The summed E-state index contributed by atoms with van der Waals surface area (Å²) in [6.07, 6.45) is 6.53. The van der Waals surface area contributed by atoms with Crippen molar-refractivity contribution in [1.29, 1.82) is 0 Å². The van der Waals surface area contributed by atoms with Crippen molar-refractivity contribution in [2.75, 3.05) is 18.0 Å². The van der Waals surface area contributed by atoms with Crippen molar-refractivity contribution in [1.82, 2.24) is 5.32 Å². The predicted octanol–water partition coefficient (Wildman–Crippen LogP) is 6.01. The Balaban J connectivity index is 1.74. The summed E-state index contributed by atoms with van der Waals surface area (Å²) in [6.45, 7) is 12.4. The van der Waals surface area contributed by atoms with Gasteiger partial charge in [0.1, 0.15) is 6.10 Å². The molecule has 1 fully saturated rings. The van der Waals surface area contributed by atoms with Gasteiger partial charge >= 0.3 is 5.97 Å². The summed E-state index contributed by atoms with van der Waals surface area (Å²) in [5, 5.41) is 3.45. The molecule has 4 rings (SSSR count). The van der Waals surface area contributed by atoms with Crippen molar-refractivity contribution in [2.45, 2.75) is 91.6 Å². The molecule has 1 aliphatic heterocycles. The molecule has 1 atom stereocenters. The highest BCUT2D eigenvalue weighted by atomic mass is 16.5. The maximum absolute atomic E-state index is 13.6. The molecular weight excluding hydrogens is 424 g/mol. The van der Waals surface area contributed by atoms with E-state index in [0.717, 1.165) is 73.4 Å². The SMILES string of the molecule is CCN(CC)c1ccc([C@H]2C(C(=O)OC3CCCCC3)=C(C)NC3=C2C(=O)CC(C)(C)C3)cc1. The third-order valence-corrected chi connectivity index (χ3v) is 7.64. The fraction of sp³-hybridized carbons (Fsp3) is 0.586. The fourth-order valence-corrected chi connectivity index (χ4v) is 5.90. The highest BCUT2D eigenvalue weighted by molar-refractivity contribution is 6.04. The van der Waals surface area contributed by atoms with E-state index >= 15 is 0 Å². The average Bonchev–Trinajstić information content (AvgIpc) is 2.79. The smallest absolute Gasteiger partial charge is 0.337 e. The summed E-state index contributed by atoms with van der Waals surface area (Å²) in [7, 11) is 0. The summed E-state index contributed by atoms with van der Waals surface area (Å²) in [5.41, 5.74) is 5.14. The van der Waals surface area contributed by atoms with Crippen LogP contribution in [-0.4, -0.2) is 30.9 Å². The molecule has 0 spiro atoms. The van der Waals surface area contributed by atoms with E-state index in [1.54, 1.807) is 0 Å². The van der Waals surface area contributed by atoms with Crippen molar-refractivity contribution in [3.63, 3.8) is 0 Å². The fourth-order valence-electron chi connectivity index (χ4n) is 5.90. The number of hydrogen-bond acceptors (Lipinski definition) is 5. The average molecular weight is 465 g/mol. The molecule has 34 heavy (non-hydrogen) atoms. The van der Waals surface area contributed by atoms with Gasteiger partial charge in [0.05, 0.1) is 5.57 Å². The van der Waals surface area contributed by atoms with Gasteiger partial charge in [-0.25, -0.2) is 4.79 Å². The highest BCUT2D eigenvalue weighted by Gasteiger charge is 2.43. The second-order valence-corrected chi connectivity index (χ2v) is 10.9. The zero-order valence-electron chi connectivity index (χ0n) is 21.5. The number of carbonyl (C=O) groups excluding carboxylic acids is 2. The number of ketones is 1. The zero-order valence-corrected chi connectivity index (χ0v) is 21.5. The van der Waals surface area contributed by atoms with Crippen LogP contribution in [0.25, 0.3) is 0 Å². The molecule has 1 N–H and O–H groups in total. The van der Waals surface area contributed by atoms with Crippen molar-refractivity contribution in [2.24, 2.45) is 5.41 Å². The van der Waals surface area contributed by atoms with Gasteiger partial charge in [0.25, 0.3) is 0 Å². The van der Waals surface area contributed by atoms with E-state index < -0.39 is 0 Å². The zero-order chi connectivity index (χ0) is 24.5. The number of ether oxygens (including phenoxy) is 1. The van der Waals surface area contributed by atoms with Gasteiger partial charge in [0, 0.05) is 48.1 Å². The van der Waals surface area contributed by atoms with Crippen LogP contribution >= 0.6 is 0 Å². The van der Waals surface area contributed by atoms with Crippen LogP contribution in [0, 0.1) is 5.41 Å². The Kier molecular flexibility index (Phi) is 7.20. The highest BCUT2D eigenvalue weighted by Crippen LogP contribution is 2.47. The first-order chi connectivity index (χ1) is 16.2. The van der Waals surface area contributed by atoms with Gasteiger partial charge in [0.15, 0.2) is 5.78 Å². The van der Waals surface area contributed by atoms with Gasteiger partial charge in [-0.05, 0) is 76.0 Å². The van der Waals surface area contributed by atoms with Gasteiger partial charge < -0.3 is 15.0 Å². The molecule has 0 bridgehead atoms. The molecule has 1 aromatic rings. The van der Waals surface area contributed by atoms with E-state index in [1.165, 1.54) is 6.42 Å². The molecule has 0 radical (unpaired) electrons. The number of benzene rings is 1. The molecule has 184 valence electrons. The monoisotopic (exact) mass is 464 g/mol. The van der Waals surface area contributed by atoms with Crippen LogP contribution in [0.2, 0.25) is 0 Å². The van der Waals surface area contributed by atoms with E-state index in [-0.39, 0.29) is 29.2 Å². The molecule has 0 saturated heterocycles. The lowest BCUT2D eigenvalue weighted by Crippen LogP contribution is -2.39. The number of rotatable bonds is 6. The molecule has 5 nitrogen and oxygen atoms in total. The van der Waals surface area contributed by atoms with E-state index in [9.17, 15) is 9.59 Å². The van der Waals surface area contributed by atoms with Crippen LogP contribution in [0.3, 0.4) is 0 Å². The van der Waals surface area contributed by atoms with Gasteiger partial charge in [0.2, 0.25) is 0 Å². The molecule has 0 aromatic heterocycles. The van der Waals surface area contributed by atoms with Crippen LogP contribution in [0.1, 0.15) is 91.0 Å². The normalized spacial score (nSPS) is 22.9. The Morgan fingerprint density at radius 1 is 1.06 bits per heavy atom. The topological polar surface area (TPSA) is 58.6 Å². The number of dihydropyridines is 1. The number of esters is 1. The lowest BCUT2D eigenvalue weighted by Gasteiger charge is -2.39. The Labute approximate surface area is 204 Å². The third-order valence-electron chi connectivity index (χ3n) is 7.64. The van der Waals surface area contributed by atoms with E-state index in [0.29, 0.717) is 12.0 Å². The molecule has 1 aromatic carbocycles. The first-order valence-corrected chi connectivity index (χ1v) is 13.0. The van der Waals surface area contributed by atoms with Crippen LogP contribution in [0.5, 0.6) is 0 Å². The molecular formula is C29H40N2O3. The molecule has 2 aliphatic carbocycles. The van der Waals surface area contributed by atoms with Crippen LogP contribution in [0.15, 0.2) is 46.8 Å². The molecule has 0 unspecified atom stereocenters. The lowest BCUT2D eigenvalue weighted by molar-refractivity contribution is -0.146. The third kappa shape index (κ3) is 4.94.